The number of carbonyl (C=O) groups excluding carboxylic acids is 2. The highest BCUT2D eigenvalue weighted by Crippen LogP contribution is 2.32. The van der Waals surface area contributed by atoms with Crippen LogP contribution in [0.5, 0.6) is 23.0 Å². The number of unbranched alkanes of at least 4 members (excludes halogenated alkanes) is 3. The summed E-state index contributed by atoms with van der Waals surface area (Å²) in [5, 5.41) is 12.4. The fraction of sp³-hybridized carbons (Fsp3) is 0.188. The van der Waals surface area contributed by atoms with Crippen molar-refractivity contribution in [3.05, 3.63) is 112 Å². The molecule has 0 aliphatic rings. The number of aromatic hydroxyl groups is 1. The van der Waals surface area contributed by atoms with E-state index in [9.17, 15) is 32.3 Å². The standard InChI is InChI=1S/C32H26F4N4O6/c33-26-25(27(34)29(36)30(28(26)35)39-40-38)32(43)46-22-12-7-19(8-13-22)18-5-10-21(11-6-18)45-31(42)23-14-9-20(41)17-24(23)44-16-4-2-1-3-15-37/h5-14,17,41H,1-4,15-16,37H2. The molecule has 238 valence electrons. The first-order valence-electron chi connectivity index (χ1n) is 13.9. The molecule has 10 nitrogen and oxygen atoms in total. The summed E-state index contributed by atoms with van der Waals surface area (Å²) in [7, 11) is 0. The molecule has 14 heteroatoms. The molecule has 0 bridgehead atoms. The quantitative estimate of drug-likeness (QED) is 0.0220. The van der Waals surface area contributed by atoms with Gasteiger partial charge < -0.3 is 25.1 Å². The van der Waals surface area contributed by atoms with Gasteiger partial charge >= 0.3 is 11.9 Å². The van der Waals surface area contributed by atoms with Gasteiger partial charge in [0.2, 0.25) is 0 Å². The normalized spacial score (nSPS) is 10.6. The molecule has 0 radical (unpaired) electrons. The number of rotatable bonds is 13. The number of phenols is 1. The Morgan fingerprint density at radius 1 is 0.761 bits per heavy atom. The molecule has 0 unspecified atom stereocenters. The largest absolute Gasteiger partial charge is 0.508 e. The van der Waals surface area contributed by atoms with E-state index in [0.29, 0.717) is 24.3 Å². The highest BCUT2D eigenvalue weighted by Gasteiger charge is 2.30. The number of carbonyl (C=O) groups is 2. The van der Waals surface area contributed by atoms with E-state index in [-0.39, 0.29) is 28.6 Å². The summed E-state index contributed by atoms with van der Waals surface area (Å²) in [6.45, 7) is 0.964. The Balaban J connectivity index is 1.40. The van der Waals surface area contributed by atoms with Crippen LogP contribution in [0.15, 0.2) is 71.8 Å². The lowest BCUT2D eigenvalue weighted by Gasteiger charge is -2.12. The molecule has 0 aliphatic heterocycles. The Hall–Kier alpha value is -5.59. The Morgan fingerprint density at radius 2 is 1.30 bits per heavy atom. The predicted molar refractivity (Wildman–Crippen MR) is 158 cm³/mol. The molecule has 0 saturated carbocycles. The summed E-state index contributed by atoms with van der Waals surface area (Å²) in [5.74, 6) is -10.5. The molecule has 0 amide bonds. The fourth-order valence-electron chi connectivity index (χ4n) is 4.26. The van der Waals surface area contributed by atoms with Crippen LogP contribution in [0, 0.1) is 23.3 Å². The highest BCUT2D eigenvalue weighted by molar-refractivity contribution is 5.94. The van der Waals surface area contributed by atoms with Gasteiger partial charge in [0.1, 0.15) is 39.8 Å². The minimum absolute atomic E-state index is 0.0668. The molecular weight excluding hydrogens is 612 g/mol. The lowest BCUT2D eigenvalue weighted by molar-refractivity contribution is 0.0715. The minimum atomic E-state index is -2.08. The zero-order valence-corrected chi connectivity index (χ0v) is 24.0. The van der Waals surface area contributed by atoms with Crippen LogP contribution in [0.4, 0.5) is 23.2 Å². The number of hydrogen-bond acceptors (Lipinski definition) is 8. The lowest BCUT2D eigenvalue weighted by Crippen LogP contribution is -2.16. The van der Waals surface area contributed by atoms with Gasteiger partial charge in [-0.3, -0.25) is 0 Å². The van der Waals surface area contributed by atoms with Crippen molar-refractivity contribution < 1.29 is 46.5 Å². The summed E-state index contributed by atoms with van der Waals surface area (Å²) >= 11 is 0. The second-order valence-electron chi connectivity index (χ2n) is 9.73. The van der Waals surface area contributed by atoms with E-state index in [0.717, 1.165) is 25.7 Å². The number of nitrogens with zero attached hydrogens (tertiary/aromatic N) is 3. The van der Waals surface area contributed by atoms with Gasteiger partial charge in [-0.05, 0) is 72.4 Å². The summed E-state index contributed by atoms with van der Waals surface area (Å²) in [4.78, 5) is 27.3. The zero-order valence-electron chi connectivity index (χ0n) is 24.0. The van der Waals surface area contributed by atoms with Crippen molar-refractivity contribution in [3.8, 4) is 34.1 Å². The number of phenolic OH excluding ortho intramolecular Hbond substituents is 1. The molecular formula is C32H26F4N4O6. The number of ether oxygens (including phenoxy) is 3. The van der Waals surface area contributed by atoms with Crippen LogP contribution in [-0.4, -0.2) is 30.2 Å². The smallest absolute Gasteiger partial charge is 0.349 e. The van der Waals surface area contributed by atoms with E-state index in [2.05, 4.69) is 10.0 Å². The van der Waals surface area contributed by atoms with Gasteiger partial charge in [0.25, 0.3) is 0 Å². The van der Waals surface area contributed by atoms with Crippen molar-refractivity contribution in [1.29, 1.82) is 0 Å². The number of nitrogens with two attached hydrogens (primary N) is 1. The zero-order chi connectivity index (χ0) is 33.2. The van der Waals surface area contributed by atoms with Gasteiger partial charge in [0.05, 0.1) is 6.61 Å². The van der Waals surface area contributed by atoms with Gasteiger partial charge in [-0.1, -0.05) is 42.2 Å². The van der Waals surface area contributed by atoms with Crippen LogP contribution in [0.25, 0.3) is 21.6 Å². The Labute approximate surface area is 259 Å². The molecule has 4 rings (SSSR count). The third-order valence-electron chi connectivity index (χ3n) is 6.59. The van der Waals surface area contributed by atoms with E-state index in [1.807, 2.05) is 0 Å². The summed E-state index contributed by atoms with van der Waals surface area (Å²) in [6, 6.07) is 16.0. The maximum absolute atomic E-state index is 14.3. The van der Waals surface area contributed by atoms with E-state index in [4.69, 9.17) is 25.5 Å². The van der Waals surface area contributed by atoms with Gasteiger partial charge in [0.15, 0.2) is 23.3 Å². The van der Waals surface area contributed by atoms with Crippen LogP contribution in [0.2, 0.25) is 0 Å². The molecule has 3 N–H and O–H groups in total. The second-order valence-corrected chi connectivity index (χ2v) is 9.73. The molecule has 0 saturated heterocycles. The molecule has 0 heterocycles. The summed E-state index contributed by atoms with van der Waals surface area (Å²) in [5.41, 5.74) is 12.0. The number of hydrogen-bond donors (Lipinski definition) is 2. The first kappa shape index (κ1) is 33.3. The predicted octanol–water partition coefficient (Wildman–Crippen LogP) is 7.89. The van der Waals surface area contributed by atoms with Crippen molar-refractivity contribution >= 4 is 17.6 Å². The second kappa shape index (κ2) is 15.4. The molecule has 46 heavy (non-hydrogen) atoms. The molecule has 4 aromatic rings. The lowest BCUT2D eigenvalue weighted by atomic mass is 10.1. The van der Waals surface area contributed by atoms with E-state index in [1.165, 1.54) is 54.6 Å². The van der Waals surface area contributed by atoms with E-state index < -0.39 is 46.5 Å². The van der Waals surface area contributed by atoms with Crippen LogP contribution in [0.1, 0.15) is 46.4 Å². The average molecular weight is 639 g/mol. The minimum Gasteiger partial charge on any atom is -0.508 e. The third-order valence-corrected chi connectivity index (χ3v) is 6.59. The summed E-state index contributed by atoms with van der Waals surface area (Å²) < 4.78 is 72.7. The molecule has 0 spiro atoms. The monoisotopic (exact) mass is 638 g/mol. The van der Waals surface area contributed by atoms with Gasteiger partial charge in [-0.2, -0.15) is 0 Å². The highest BCUT2D eigenvalue weighted by atomic mass is 19.2. The van der Waals surface area contributed by atoms with Gasteiger partial charge in [-0.25, -0.2) is 27.2 Å². The first-order valence-corrected chi connectivity index (χ1v) is 13.9. The topological polar surface area (TPSA) is 157 Å². The molecule has 4 aromatic carbocycles. The number of azide groups is 1. The van der Waals surface area contributed by atoms with E-state index in [1.54, 1.807) is 12.1 Å². The van der Waals surface area contributed by atoms with Crippen LogP contribution >= 0.6 is 0 Å². The van der Waals surface area contributed by atoms with Crippen molar-refractivity contribution in [2.24, 2.45) is 10.8 Å². The molecule has 0 fully saturated rings. The van der Waals surface area contributed by atoms with Crippen LogP contribution < -0.4 is 19.9 Å². The number of halogens is 4. The fourth-order valence-corrected chi connectivity index (χ4v) is 4.26. The maximum Gasteiger partial charge on any atom is 0.349 e. The van der Waals surface area contributed by atoms with Gasteiger partial charge in [-0.15, -0.1) is 0 Å². The number of esters is 2. The molecule has 0 atom stereocenters. The van der Waals surface area contributed by atoms with Crippen molar-refractivity contribution in [1.82, 2.24) is 0 Å². The summed E-state index contributed by atoms with van der Waals surface area (Å²) in [6.07, 6.45) is 3.54. The Morgan fingerprint density at radius 3 is 1.85 bits per heavy atom. The van der Waals surface area contributed by atoms with Crippen LogP contribution in [-0.2, 0) is 0 Å². The SMILES string of the molecule is [N-]=[N+]=Nc1c(F)c(F)c(C(=O)Oc2ccc(-c3ccc(OC(=O)c4ccc(O)cc4OCCCCCCN)cc3)cc2)c(F)c1F. The maximum atomic E-state index is 14.3. The average Bonchev–Trinajstić information content (AvgIpc) is 3.04. The van der Waals surface area contributed by atoms with Crippen molar-refractivity contribution in [2.45, 2.75) is 25.7 Å². The Bertz CT molecular complexity index is 1750. The van der Waals surface area contributed by atoms with Crippen molar-refractivity contribution in [3.63, 3.8) is 0 Å². The van der Waals surface area contributed by atoms with Crippen molar-refractivity contribution in [2.75, 3.05) is 13.2 Å². The van der Waals surface area contributed by atoms with Gasteiger partial charge in [0, 0.05) is 11.0 Å². The van der Waals surface area contributed by atoms with E-state index >= 15 is 0 Å². The van der Waals surface area contributed by atoms with Crippen LogP contribution in [0.3, 0.4) is 0 Å². The molecule has 0 aromatic heterocycles. The first-order chi connectivity index (χ1) is 22.1. The third kappa shape index (κ3) is 7.92. The number of benzene rings is 4. The Kier molecular flexibility index (Phi) is 11.2. The molecule has 0 aliphatic carbocycles.